The van der Waals surface area contributed by atoms with E-state index in [0.29, 0.717) is 24.5 Å². The van der Waals surface area contributed by atoms with E-state index in [1.54, 1.807) is 11.8 Å². The molecule has 3 aromatic rings. The lowest BCUT2D eigenvalue weighted by atomic mass is 9.97. The van der Waals surface area contributed by atoms with Gasteiger partial charge in [-0.3, -0.25) is 4.68 Å². The Morgan fingerprint density at radius 3 is 2.69 bits per heavy atom. The molecule has 35 heavy (non-hydrogen) atoms. The second kappa shape index (κ2) is 10.1. The van der Waals surface area contributed by atoms with Crippen molar-refractivity contribution in [3.05, 3.63) is 59.3 Å². The Balaban J connectivity index is 1.63. The molecule has 10 heteroatoms. The number of nitrogens with zero attached hydrogens (tertiary/aromatic N) is 3. The number of hydrogen-bond donors (Lipinski definition) is 2. The van der Waals surface area contributed by atoms with E-state index in [1.165, 1.54) is 6.07 Å². The van der Waals surface area contributed by atoms with Gasteiger partial charge >= 0.3 is 6.03 Å². The Kier molecular flexibility index (Phi) is 7.13. The first-order valence-electron chi connectivity index (χ1n) is 11.6. The van der Waals surface area contributed by atoms with Crippen molar-refractivity contribution in [2.45, 2.75) is 44.3 Å². The number of urea groups is 1. The van der Waals surface area contributed by atoms with Crippen LogP contribution in [0.15, 0.2) is 47.5 Å². The molecule has 0 fully saturated rings. The summed E-state index contributed by atoms with van der Waals surface area (Å²) in [5.74, 6) is 0.695. The topological polar surface area (TPSA) is 106 Å². The number of benzene rings is 2. The maximum atomic E-state index is 13.0. The van der Waals surface area contributed by atoms with Crippen molar-refractivity contribution in [1.82, 2.24) is 19.4 Å². The highest BCUT2D eigenvalue weighted by Gasteiger charge is 2.25. The molecule has 0 bridgehead atoms. The van der Waals surface area contributed by atoms with Gasteiger partial charge in [-0.25, -0.2) is 9.52 Å². The Labute approximate surface area is 206 Å². The van der Waals surface area contributed by atoms with Gasteiger partial charge < -0.3 is 15.0 Å². The van der Waals surface area contributed by atoms with Crippen LogP contribution in [0, 0.1) is 0 Å². The largest absolute Gasteiger partial charge is 0.497 e. The summed E-state index contributed by atoms with van der Waals surface area (Å²) in [6.45, 7) is 2.94. The van der Waals surface area contributed by atoms with Gasteiger partial charge in [0.25, 0.3) is 10.0 Å². The Bertz CT molecular complexity index is 1350. The summed E-state index contributed by atoms with van der Waals surface area (Å²) in [7, 11) is 1.23. The van der Waals surface area contributed by atoms with Crippen molar-refractivity contribution in [2.24, 2.45) is 0 Å². The fourth-order valence-electron chi connectivity index (χ4n) is 4.44. The third kappa shape index (κ3) is 5.33. The lowest BCUT2D eigenvalue weighted by molar-refractivity contribution is 0.256. The van der Waals surface area contributed by atoms with Crippen molar-refractivity contribution < 1.29 is 17.9 Å². The van der Waals surface area contributed by atoms with Gasteiger partial charge in [0.2, 0.25) is 0 Å². The fraction of sp³-hybridized carbons (Fsp3) is 0.360. The van der Waals surface area contributed by atoms with Crippen LogP contribution in [0.3, 0.4) is 0 Å². The predicted octanol–water partition coefficient (Wildman–Crippen LogP) is 3.64. The van der Waals surface area contributed by atoms with Gasteiger partial charge in [0.1, 0.15) is 5.75 Å². The normalized spacial score (nSPS) is 13.1. The van der Waals surface area contributed by atoms with Crippen LogP contribution in [0.5, 0.6) is 5.75 Å². The summed E-state index contributed by atoms with van der Waals surface area (Å²) in [5, 5.41) is 6.85. The highest BCUT2D eigenvalue weighted by atomic mass is 32.2. The van der Waals surface area contributed by atoms with E-state index in [1.807, 2.05) is 56.3 Å². The van der Waals surface area contributed by atoms with Crippen LogP contribution in [0.4, 0.5) is 10.5 Å². The Morgan fingerprint density at radius 1 is 1.17 bits per heavy atom. The second-order valence-electron chi connectivity index (χ2n) is 8.80. The maximum Gasteiger partial charge on any atom is 0.333 e. The molecule has 1 aliphatic rings. The molecule has 9 nitrogen and oxygen atoms in total. The minimum Gasteiger partial charge on any atom is -0.497 e. The zero-order valence-electron chi connectivity index (χ0n) is 20.5. The van der Waals surface area contributed by atoms with E-state index < -0.39 is 16.1 Å². The first-order chi connectivity index (χ1) is 16.7. The van der Waals surface area contributed by atoms with Gasteiger partial charge in [-0.1, -0.05) is 24.3 Å². The van der Waals surface area contributed by atoms with Gasteiger partial charge in [0.05, 0.1) is 18.5 Å². The summed E-state index contributed by atoms with van der Waals surface area (Å²) in [4.78, 5) is 14.9. The SMILES string of the molecule is CCn1nc(S(=O)(=O)NC(=O)Nc2c(-c3cccc(OC)c3)ccc3c2CCC3)cc1CN(C)C. The first-order valence-corrected chi connectivity index (χ1v) is 13.0. The minimum absolute atomic E-state index is 0.183. The van der Waals surface area contributed by atoms with Crippen LogP contribution in [-0.4, -0.2) is 50.3 Å². The summed E-state index contributed by atoms with van der Waals surface area (Å²) in [5.41, 5.74) is 5.23. The van der Waals surface area contributed by atoms with Gasteiger partial charge in [-0.2, -0.15) is 13.5 Å². The molecule has 186 valence electrons. The number of amides is 2. The molecule has 0 radical (unpaired) electrons. The van der Waals surface area contributed by atoms with Crippen LogP contribution in [0.1, 0.15) is 30.2 Å². The standard InChI is InChI=1S/C25H31N5O4S/c1-5-30-19(16-29(2)3)15-23(27-30)35(32,33)28-25(31)26-24-21-11-7-8-17(21)12-13-22(24)18-9-6-10-20(14-18)34-4/h6,9-10,12-15H,5,7-8,11,16H2,1-4H3,(H2,26,28,31). The van der Waals surface area contributed by atoms with E-state index in [0.717, 1.165) is 47.2 Å². The maximum absolute atomic E-state index is 13.0. The molecule has 0 aliphatic heterocycles. The Hall–Kier alpha value is -3.37. The average Bonchev–Trinajstić information content (AvgIpc) is 3.46. The van der Waals surface area contributed by atoms with E-state index in [4.69, 9.17) is 4.74 Å². The first kappa shape index (κ1) is 24.7. The Morgan fingerprint density at radius 2 is 1.97 bits per heavy atom. The van der Waals surface area contributed by atoms with Gasteiger partial charge in [-0.05, 0) is 69.1 Å². The van der Waals surface area contributed by atoms with Crippen molar-refractivity contribution in [2.75, 3.05) is 26.5 Å². The average molecular weight is 498 g/mol. The van der Waals surface area contributed by atoms with E-state index in [2.05, 4.69) is 21.2 Å². The second-order valence-corrected chi connectivity index (χ2v) is 10.4. The van der Waals surface area contributed by atoms with Gasteiger partial charge in [0.15, 0.2) is 5.03 Å². The molecule has 1 heterocycles. The minimum atomic E-state index is -4.16. The molecule has 2 N–H and O–H groups in total. The van der Waals surface area contributed by atoms with E-state index in [9.17, 15) is 13.2 Å². The highest BCUT2D eigenvalue weighted by molar-refractivity contribution is 7.90. The predicted molar refractivity (Wildman–Crippen MR) is 135 cm³/mol. The summed E-state index contributed by atoms with van der Waals surface area (Å²) >= 11 is 0. The highest BCUT2D eigenvalue weighted by Crippen LogP contribution is 2.38. The molecule has 1 aliphatic carbocycles. The van der Waals surface area contributed by atoms with Crippen LogP contribution in [-0.2, 0) is 36.0 Å². The van der Waals surface area contributed by atoms with Crippen molar-refractivity contribution >= 4 is 21.7 Å². The lowest BCUT2D eigenvalue weighted by Crippen LogP contribution is -2.35. The van der Waals surface area contributed by atoms with Crippen molar-refractivity contribution in [3.8, 4) is 16.9 Å². The number of aromatic nitrogens is 2. The number of hydrogen-bond acceptors (Lipinski definition) is 6. The monoisotopic (exact) mass is 497 g/mol. The number of carbonyl (C=O) groups excluding carboxylic acids is 1. The van der Waals surface area contributed by atoms with Crippen LogP contribution in [0.2, 0.25) is 0 Å². The van der Waals surface area contributed by atoms with Gasteiger partial charge in [-0.15, -0.1) is 0 Å². The number of anilines is 1. The molecule has 2 aromatic carbocycles. The smallest absolute Gasteiger partial charge is 0.333 e. The van der Waals surface area contributed by atoms with Gasteiger partial charge in [0, 0.05) is 24.7 Å². The molecule has 0 saturated heterocycles. The quantitative estimate of drug-likeness (QED) is 0.492. The van der Waals surface area contributed by atoms with Crippen LogP contribution >= 0.6 is 0 Å². The molecular formula is C25H31N5O4S. The number of methoxy groups -OCH3 is 1. The number of aryl methyl sites for hydroxylation is 2. The fourth-order valence-corrected chi connectivity index (χ4v) is 5.34. The number of fused-ring (bicyclic) bond motifs is 1. The number of nitrogens with one attached hydrogen (secondary N) is 2. The molecule has 0 saturated carbocycles. The summed E-state index contributed by atoms with van der Waals surface area (Å²) < 4.78 is 35.1. The molecule has 1 aromatic heterocycles. The van der Waals surface area contributed by atoms with Crippen molar-refractivity contribution in [3.63, 3.8) is 0 Å². The van der Waals surface area contributed by atoms with Crippen LogP contribution < -0.4 is 14.8 Å². The molecule has 0 unspecified atom stereocenters. The number of rotatable bonds is 8. The van der Waals surface area contributed by atoms with E-state index >= 15 is 0 Å². The molecular weight excluding hydrogens is 466 g/mol. The third-order valence-corrected chi connectivity index (χ3v) is 7.23. The zero-order chi connectivity index (χ0) is 25.2. The third-order valence-electron chi connectivity index (χ3n) is 6.02. The molecule has 4 rings (SSSR count). The van der Waals surface area contributed by atoms with E-state index in [-0.39, 0.29) is 5.03 Å². The van der Waals surface area contributed by atoms with Crippen LogP contribution in [0.25, 0.3) is 11.1 Å². The zero-order valence-corrected chi connectivity index (χ0v) is 21.3. The number of ether oxygens (including phenoxy) is 1. The van der Waals surface area contributed by atoms with Crippen molar-refractivity contribution in [1.29, 1.82) is 0 Å². The lowest BCUT2D eigenvalue weighted by Gasteiger charge is -2.17. The summed E-state index contributed by atoms with van der Waals surface area (Å²) in [6.07, 6.45) is 2.71. The number of sulfonamides is 1. The summed E-state index contributed by atoms with van der Waals surface area (Å²) in [6, 6.07) is 12.3. The molecule has 0 spiro atoms. The molecule has 2 amide bonds. The number of carbonyl (C=O) groups is 1. The molecule has 0 atom stereocenters.